The smallest absolute Gasteiger partial charge is 0.228 e. The first kappa shape index (κ1) is 15.0. The predicted octanol–water partition coefficient (Wildman–Crippen LogP) is 2.81. The minimum absolute atomic E-state index is 0.0549. The highest BCUT2D eigenvalue weighted by Gasteiger charge is 2.44. The second kappa shape index (κ2) is 5.96. The Hall–Kier alpha value is -1.35. The van der Waals surface area contributed by atoms with Gasteiger partial charge in [0.2, 0.25) is 5.91 Å². The van der Waals surface area contributed by atoms with Gasteiger partial charge in [0.05, 0.1) is 11.5 Å². The van der Waals surface area contributed by atoms with Gasteiger partial charge in [-0.25, -0.2) is 0 Å². The number of carbonyl (C=O) groups is 1. The topological polar surface area (TPSA) is 41.1 Å². The van der Waals surface area contributed by atoms with Gasteiger partial charge in [0.25, 0.3) is 0 Å². The molecule has 0 aliphatic carbocycles. The largest absolute Gasteiger partial charge is 0.349 e. The molecule has 1 heterocycles. The van der Waals surface area contributed by atoms with E-state index in [1.165, 1.54) is 5.56 Å². The van der Waals surface area contributed by atoms with Crippen molar-refractivity contribution in [3.8, 4) is 0 Å². The average Bonchev–Trinajstić information content (AvgIpc) is 2.90. The molecule has 0 aromatic heterocycles. The first-order valence-electron chi connectivity index (χ1n) is 7.54. The zero-order chi connectivity index (χ0) is 14.8. The van der Waals surface area contributed by atoms with E-state index in [0.717, 1.165) is 25.1 Å². The van der Waals surface area contributed by atoms with Crippen LogP contribution in [0.3, 0.4) is 0 Å². The predicted molar refractivity (Wildman–Crippen MR) is 82.5 cm³/mol. The quantitative estimate of drug-likeness (QED) is 0.886. The molecule has 1 aromatic carbocycles. The summed E-state index contributed by atoms with van der Waals surface area (Å²) in [4.78, 5) is 12.7. The van der Waals surface area contributed by atoms with Crippen LogP contribution in [0.2, 0.25) is 0 Å². The first-order chi connectivity index (χ1) is 9.45. The van der Waals surface area contributed by atoms with Gasteiger partial charge >= 0.3 is 0 Å². The second-order valence-corrected chi connectivity index (χ2v) is 6.34. The van der Waals surface area contributed by atoms with E-state index in [-0.39, 0.29) is 17.4 Å². The molecule has 3 heteroatoms. The van der Waals surface area contributed by atoms with Crippen molar-refractivity contribution in [3.63, 3.8) is 0 Å². The SMILES string of the molecule is Cc1ccc(C(C)NC(=O)C2(C(C)C)CCNC2)cc1. The maximum Gasteiger partial charge on any atom is 0.228 e. The molecule has 0 spiro atoms. The molecule has 2 rings (SSSR count). The van der Waals surface area contributed by atoms with E-state index in [9.17, 15) is 4.79 Å². The molecule has 1 aromatic rings. The number of aryl methyl sites for hydroxylation is 1. The fourth-order valence-electron chi connectivity index (χ4n) is 2.94. The summed E-state index contributed by atoms with van der Waals surface area (Å²) in [7, 11) is 0. The Morgan fingerprint density at radius 1 is 1.25 bits per heavy atom. The van der Waals surface area contributed by atoms with Crippen molar-refractivity contribution in [3.05, 3.63) is 35.4 Å². The molecule has 1 aliphatic heterocycles. The van der Waals surface area contributed by atoms with Crippen molar-refractivity contribution in [2.45, 2.75) is 40.2 Å². The molecule has 2 unspecified atom stereocenters. The van der Waals surface area contributed by atoms with E-state index in [2.05, 4.69) is 62.6 Å². The van der Waals surface area contributed by atoms with Crippen LogP contribution < -0.4 is 10.6 Å². The Balaban J connectivity index is 2.08. The van der Waals surface area contributed by atoms with E-state index in [1.54, 1.807) is 0 Å². The van der Waals surface area contributed by atoms with Crippen LogP contribution in [0.15, 0.2) is 24.3 Å². The third-order valence-electron chi connectivity index (χ3n) is 4.67. The minimum Gasteiger partial charge on any atom is -0.349 e. The summed E-state index contributed by atoms with van der Waals surface area (Å²) in [6.07, 6.45) is 0.928. The molecule has 1 saturated heterocycles. The number of carbonyl (C=O) groups excluding carboxylic acids is 1. The third kappa shape index (κ3) is 2.88. The fourth-order valence-corrected chi connectivity index (χ4v) is 2.94. The van der Waals surface area contributed by atoms with Crippen LogP contribution in [0, 0.1) is 18.3 Å². The van der Waals surface area contributed by atoms with Crippen LogP contribution in [0.4, 0.5) is 0 Å². The van der Waals surface area contributed by atoms with Crippen LogP contribution in [0.25, 0.3) is 0 Å². The molecule has 0 bridgehead atoms. The van der Waals surface area contributed by atoms with Gasteiger partial charge in [-0.1, -0.05) is 43.7 Å². The standard InChI is InChI=1S/C17H26N2O/c1-12(2)17(9-10-18-11-17)16(20)19-14(4)15-7-5-13(3)6-8-15/h5-8,12,14,18H,9-11H2,1-4H3,(H,19,20). The Morgan fingerprint density at radius 3 is 2.40 bits per heavy atom. The van der Waals surface area contributed by atoms with Gasteiger partial charge in [-0.05, 0) is 38.3 Å². The van der Waals surface area contributed by atoms with Crippen LogP contribution in [0.1, 0.15) is 44.4 Å². The van der Waals surface area contributed by atoms with Gasteiger partial charge in [0.15, 0.2) is 0 Å². The van der Waals surface area contributed by atoms with Crippen LogP contribution >= 0.6 is 0 Å². The number of rotatable bonds is 4. The van der Waals surface area contributed by atoms with Gasteiger partial charge < -0.3 is 10.6 Å². The summed E-state index contributed by atoms with van der Waals surface area (Å²) in [6, 6.07) is 8.42. The maximum absolute atomic E-state index is 12.7. The van der Waals surface area contributed by atoms with Crippen LogP contribution in [-0.4, -0.2) is 19.0 Å². The summed E-state index contributed by atoms with van der Waals surface area (Å²) in [6.45, 7) is 10.1. The van der Waals surface area contributed by atoms with Gasteiger partial charge in [0.1, 0.15) is 0 Å². The van der Waals surface area contributed by atoms with E-state index in [4.69, 9.17) is 0 Å². The molecule has 110 valence electrons. The fraction of sp³-hybridized carbons (Fsp3) is 0.588. The Bertz CT molecular complexity index is 458. The van der Waals surface area contributed by atoms with Crippen molar-refractivity contribution in [2.24, 2.45) is 11.3 Å². The normalized spacial score (nSPS) is 23.9. The van der Waals surface area contributed by atoms with Gasteiger partial charge in [-0.2, -0.15) is 0 Å². The summed E-state index contributed by atoms with van der Waals surface area (Å²) < 4.78 is 0. The highest BCUT2D eigenvalue weighted by atomic mass is 16.2. The Morgan fingerprint density at radius 2 is 1.90 bits per heavy atom. The number of hydrogen-bond donors (Lipinski definition) is 2. The van der Waals surface area contributed by atoms with Crippen LogP contribution in [-0.2, 0) is 4.79 Å². The summed E-state index contributed by atoms with van der Waals surface area (Å²) in [5, 5.41) is 6.54. The Labute approximate surface area is 122 Å². The average molecular weight is 274 g/mol. The number of hydrogen-bond acceptors (Lipinski definition) is 2. The number of nitrogens with one attached hydrogen (secondary N) is 2. The molecule has 1 aliphatic rings. The van der Waals surface area contributed by atoms with Crippen molar-refractivity contribution in [2.75, 3.05) is 13.1 Å². The molecular formula is C17H26N2O. The monoisotopic (exact) mass is 274 g/mol. The van der Waals surface area contributed by atoms with Crippen molar-refractivity contribution < 1.29 is 4.79 Å². The molecule has 3 nitrogen and oxygen atoms in total. The van der Waals surface area contributed by atoms with Gasteiger partial charge in [-0.15, -0.1) is 0 Å². The third-order valence-corrected chi connectivity index (χ3v) is 4.67. The van der Waals surface area contributed by atoms with Crippen molar-refractivity contribution >= 4 is 5.91 Å². The molecule has 0 saturated carbocycles. The molecule has 2 atom stereocenters. The van der Waals surface area contributed by atoms with Crippen LogP contribution in [0.5, 0.6) is 0 Å². The molecule has 1 amide bonds. The van der Waals surface area contributed by atoms with E-state index in [1.807, 2.05) is 0 Å². The zero-order valence-electron chi connectivity index (χ0n) is 13.0. The lowest BCUT2D eigenvalue weighted by Gasteiger charge is -2.32. The van der Waals surface area contributed by atoms with E-state index < -0.39 is 0 Å². The summed E-state index contributed by atoms with van der Waals surface area (Å²) in [5.74, 6) is 0.535. The lowest BCUT2D eigenvalue weighted by atomic mass is 9.75. The lowest BCUT2D eigenvalue weighted by molar-refractivity contribution is -0.133. The number of amides is 1. The molecule has 1 fully saturated rings. The molecule has 0 radical (unpaired) electrons. The van der Waals surface area contributed by atoms with Gasteiger partial charge in [-0.3, -0.25) is 4.79 Å². The number of benzene rings is 1. The Kier molecular flexibility index (Phi) is 4.48. The van der Waals surface area contributed by atoms with Crippen molar-refractivity contribution in [1.29, 1.82) is 0 Å². The van der Waals surface area contributed by atoms with E-state index in [0.29, 0.717) is 5.92 Å². The molecule has 2 N–H and O–H groups in total. The van der Waals surface area contributed by atoms with Crippen molar-refractivity contribution in [1.82, 2.24) is 10.6 Å². The highest BCUT2D eigenvalue weighted by molar-refractivity contribution is 5.84. The lowest BCUT2D eigenvalue weighted by Crippen LogP contribution is -2.46. The molecule has 20 heavy (non-hydrogen) atoms. The molecular weight excluding hydrogens is 248 g/mol. The van der Waals surface area contributed by atoms with Gasteiger partial charge in [0, 0.05) is 6.54 Å². The summed E-state index contributed by atoms with van der Waals surface area (Å²) in [5.41, 5.74) is 2.15. The summed E-state index contributed by atoms with van der Waals surface area (Å²) >= 11 is 0. The van der Waals surface area contributed by atoms with E-state index >= 15 is 0 Å². The minimum atomic E-state index is -0.251. The highest BCUT2D eigenvalue weighted by Crippen LogP contribution is 2.35. The second-order valence-electron chi connectivity index (χ2n) is 6.34. The maximum atomic E-state index is 12.7. The zero-order valence-corrected chi connectivity index (χ0v) is 13.0. The first-order valence-corrected chi connectivity index (χ1v) is 7.54.